The van der Waals surface area contributed by atoms with Gasteiger partial charge in [-0.2, -0.15) is 5.10 Å². The fraction of sp³-hybridized carbons (Fsp3) is 0.692. The van der Waals surface area contributed by atoms with Gasteiger partial charge in [0.05, 0.1) is 21.6 Å². The molecule has 2 atom stereocenters. The first kappa shape index (κ1) is 20.4. The number of ether oxygens (including phenoxy) is 1. The summed E-state index contributed by atoms with van der Waals surface area (Å²) in [5, 5.41) is 2.80. The molecule has 1 saturated heterocycles. The third-order valence-electron chi connectivity index (χ3n) is 3.44. The molecule has 0 aromatic carbocycles. The summed E-state index contributed by atoms with van der Waals surface area (Å²) in [5.41, 5.74) is -0.0621. The van der Waals surface area contributed by atoms with Crippen LogP contribution in [0.4, 0.5) is 4.79 Å². The summed E-state index contributed by atoms with van der Waals surface area (Å²) in [5.74, 6) is -0.594. The molecular formula is C13H20N3NaO5S. The maximum Gasteiger partial charge on any atom is 1.00 e. The summed E-state index contributed by atoms with van der Waals surface area (Å²) in [7, 11) is -2.84. The first-order valence-electron chi connectivity index (χ1n) is 6.88. The molecule has 2 heterocycles. The van der Waals surface area contributed by atoms with Crippen LogP contribution in [0.15, 0.2) is 12.4 Å². The van der Waals surface area contributed by atoms with Gasteiger partial charge in [0.15, 0.2) is 0 Å². The van der Waals surface area contributed by atoms with Crippen LogP contribution in [0.2, 0.25) is 0 Å². The van der Waals surface area contributed by atoms with Gasteiger partial charge in [-0.05, 0) is 26.3 Å². The molecular weight excluding hydrogens is 333 g/mol. The van der Waals surface area contributed by atoms with Crippen LogP contribution in [0.3, 0.4) is 0 Å². The predicted molar refractivity (Wildman–Crippen MR) is 77.2 cm³/mol. The second-order valence-corrected chi connectivity index (χ2v) is 8.06. The second kappa shape index (κ2) is 7.10. The zero-order chi connectivity index (χ0) is 16.7. The van der Waals surface area contributed by atoms with Crippen molar-refractivity contribution in [2.45, 2.75) is 37.5 Å². The van der Waals surface area contributed by atoms with E-state index in [9.17, 15) is 17.8 Å². The van der Waals surface area contributed by atoms with Crippen LogP contribution >= 0.6 is 0 Å². The minimum absolute atomic E-state index is 0. The molecule has 2 rings (SSSR count). The van der Waals surface area contributed by atoms with Crippen LogP contribution in [0.5, 0.6) is 0 Å². The van der Waals surface area contributed by atoms with Gasteiger partial charge in [-0.3, -0.25) is 4.68 Å². The minimum atomic E-state index is -4.54. The van der Waals surface area contributed by atoms with E-state index in [2.05, 4.69) is 5.10 Å². The molecule has 1 aromatic heterocycles. The molecule has 0 N–H and O–H groups in total. The molecule has 23 heavy (non-hydrogen) atoms. The number of nitrogens with zero attached hydrogens (tertiary/aromatic N) is 3. The summed E-state index contributed by atoms with van der Waals surface area (Å²) in [6.45, 7) is 5.12. The Hall–Kier alpha value is -0.610. The number of carbonyl (C=O) groups excluding carboxylic acids is 1. The molecule has 1 aromatic rings. The van der Waals surface area contributed by atoms with Crippen molar-refractivity contribution in [3.05, 3.63) is 18.0 Å². The van der Waals surface area contributed by atoms with Gasteiger partial charge < -0.3 is 14.2 Å². The summed E-state index contributed by atoms with van der Waals surface area (Å²) < 4.78 is 41.3. The monoisotopic (exact) mass is 353 g/mol. The third kappa shape index (κ3) is 5.18. The average Bonchev–Trinajstić information content (AvgIpc) is 2.91. The molecule has 0 radical (unpaired) electrons. The van der Waals surface area contributed by atoms with Gasteiger partial charge in [0.1, 0.15) is 5.60 Å². The summed E-state index contributed by atoms with van der Waals surface area (Å²) in [6, 6.07) is 0. The Morgan fingerprint density at radius 3 is 2.43 bits per heavy atom. The van der Waals surface area contributed by atoms with Gasteiger partial charge in [-0.25, -0.2) is 13.2 Å². The van der Waals surface area contributed by atoms with Crippen molar-refractivity contribution in [2.75, 3.05) is 13.1 Å². The molecule has 0 spiro atoms. The number of hydrogen-bond acceptors (Lipinski definition) is 6. The number of likely N-dealkylation sites (tertiary alicyclic amines) is 1. The molecule has 0 bridgehead atoms. The normalized spacial score (nSPS) is 21.9. The van der Waals surface area contributed by atoms with Crippen molar-refractivity contribution in [1.82, 2.24) is 14.7 Å². The van der Waals surface area contributed by atoms with Crippen LogP contribution in [-0.2, 0) is 21.9 Å². The topological polar surface area (TPSA) is 105 Å². The summed E-state index contributed by atoms with van der Waals surface area (Å²) in [4.78, 5) is 13.4. The maximum absolute atomic E-state index is 12.1. The number of carbonyl (C=O) groups is 1. The van der Waals surface area contributed by atoms with Crippen LogP contribution in [-0.4, -0.2) is 57.7 Å². The Labute approximate surface area is 158 Å². The average molecular weight is 353 g/mol. The summed E-state index contributed by atoms with van der Waals surface area (Å²) >= 11 is 0. The van der Waals surface area contributed by atoms with Crippen molar-refractivity contribution < 1.29 is 52.1 Å². The SMILES string of the molecule is Cn1cc(C2CN(C(=O)OC(C)(C)C)CC2S(=O)(=O)[O-])cn1.[Na+]. The van der Waals surface area contributed by atoms with Gasteiger partial charge in [-0.1, -0.05) is 0 Å². The van der Waals surface area contributed by atoms with E-state index < -0.39 is 33.0 Å². The standard InChI is InChI=1S/C13H21N3O5S.Na/c1-13(2,3)21-12(17)16-7-10(9-5-14-15(4)6-9)11(8-16)22(18,19)20;/h5-6,10-11H,7-8H2,1-4H3,(H,18,19,20);/q;+1/p-1. The van der Waals surface area contributed by atoms with E-state index in [-0.39, 0.29) is 42.6 Å². The maximum atomic E-state index is 12.1. The van der Waals surface area contributed by atoms with E-state index in [0.29, 0.717) is 5.56 Å². The van der Waals surface area contributed by atoms with E-state index in [1.54, 1.807) is 34.0 Å². The largest absolute Gasteiger partial charge is 1.00 e. The number of aromatic nitrogens is 2. The molecule has 0 aliphatic carbocycles. The van der Waals surface area contributed by atoms with Crippen molar-refractivity contribution >= 4 is 16.2 Å². The van der Waals surface area contributed by atoms with E-state index in [1.807, 2.05) is 0 Å². The van der Waals surface area contributed by atoms with Gasteiger partial charge in [0.2, 0.25) is 0 Å². The molecule has 2 unspecified atom stereocenters. The Bertz CT molecular complexity index is 667. The molecule has 1 amide bonds. The molecule has 124 valence electrons. The van der Waals surface area contributed by atoms with E-state index in [4.69, 9.17) is 4.74 Å². The number of aryl methyl sites for hydroxylation is 1. The third-order valence-corrected chi connectivity index (χ3v) is 4.66. The van der Waals surface area contributed by atoms with Gasteiger partial charge in [0.25, 0.3) is 0 Å². The van der Waals surface area contributed by atoms with Crippen molar-refractivity contribution in [1.29, 1.82) is 0 Å². The Kier molecular flexibility index (Phi) is 6.31. The number of amides is 1. The zero-order valence-electron chi connectivity index (χ0n) is 14.0. The first-order chi connectivity index (χ1) is 9.97. The number of rotatable bonds is 2. The van der Waals surface area contributed by atoms with Crippen LogP contribution in [0.25, 0.3) is 0 Å². The first-order valence-corrected chi connectivity index (χ1v) is 8.36. The fourth-order valence-electron chi connectivity index (χ4n) is 2.49. The Morgan fingerprint density at radius 1 is 1.39 bits per heavy atom. The predicted octanol–water partition coefficient (Wildman–Crippen LogP) is -2.33. The van der Waals surface area contributed by atoms with Gasteiger partial charge in [0, 0.05) is 32.3 Å². The second-order valence-electron chi connectivity index (χ2n) is 6.47. The minimum Gasteiger partial charge on any atom is -0.748 e. The van der Waals surface area contributed by atoms with Crippen molar-refractivity contribution in [3.63, 3.8) is 0 Å². The van der Waals surface area contributed by atoms with Crippen LogP contribution in [0, 0.1) is 0 Å². The fourth-order valence-corrected chi connectivity index (χ4v) is 3.50. The Balaban J connectivity index is 0.00000264. The van der Waals surface area contributed by atoms with E-state index in [0.717, 1.165) is 0 Å². The molecule has 1 fully saturated rings. The zero-order valence-corrected chi connectivity index (χ0v) is 16.8. The molecule has 8 nitrogen and oxygen atoms in total. The molecule has 1 aliphatic heterocycles. The molecule has 10 heteroatoms. The van der Waals surface area contributed by atoms with Crippen molar-refractivity contribution in [3.8, 4) is 0 Å². The Morgan fingerprint density at radius 2 is 2.00 bits per heavy atom. The quantitative estimate of drug-likeness (QED) is 0.436. The van der Waals surface area contributed by atoms with Crippen LogP contribution < -0.4 is 29.6 Å². The van der Waals surface area contributed by atoms with Crippen molar-refractivity contribution in [2.24, 2.45) is 7.05 Å². The van der Waals surface area contributed by atoms with Gasteiger partial charge >= 0.3 is 35.7 Å². The number of hydrogen-bond donors (Lipinski definition) is 0. The summed E-state index contributed by atoms with van der Waals surface area (Å²) in [6.07, 6.45) is 2.55. The van der Waals surface area contributed by atoms with Crippen LogP contribution in [0.1, 0.15) is 32.3 Å². The van der Waals surface area contributed by atoms with E-state index in [1.165, 1.54) is 15.8 Å². The molecule has 0 saturated carbocycles. The van der Waals surface area contributed by atoms with Gasteiger partial charge in [-0.15, -0.1) is 0 Å². The molecule has 1 aliphatic rings. The van der Waals surface area contributed by atoms with E-state index >= 15 is 0 Å². The smallest absolute Gasteiger partial charge is 0.748 e.